The molecule has 36 heavy (non-hydrogen) atoms. The first-order chi connectivity index (χ1) is 17.2. The Morgan fingerprint density at radius 2 is 1.72 bits per heavy atom. The van der Waals surface area contributed by atoms with Crippen LogP contribution in [0.25, 0.3) is 11.3 Å². The molecule has 1 aromatic heterocycles. The van der Waals surface area contributed by atoms with Crippen molar-refractivity contribution < 1.29 is 31.4 Å². The van der Waals surface area contributed by atoms with E-state index in [9.17, 15) is 22.0 Å². The normalized spacial score (nSPS) is 23.7. The summed E-state index contributed by atoms with van der Waals surface area (Å²) in [6.07, 6.45) is -1.07. The molecule has 2 atom stereocenters. The number of benzene rings is 1. The van der Waals surface area contributed by atoms with E-state index in [0.717, 1.165) is 70.7 Å². The Bertz CT molecular complexity index is 1080. The Morgan fingerprint density at radius 1 is 1.03 bits per heavy atom. The van der Waals surface area contributed by atoms with E-state index < -0.39 is 34.6 Å². The molecule has 1 N–H and O–H groups in total. The maximum absolute atomic E-state index is 14.4. The highest BCUT2D eigenvalue weighted by Gasteiger charge is 2.43. The van der Waals surface area contributed by atoms with Crippen LogP contribution in [0.4, 0.5) is 27.8 Å². The average Bonchev–Trinajstić information content (AvgIpc) is 3.38. The van der Waals surface area contributed by atoms with Crippen LogP contribution >= 0.6 is 0 Å². The minimum Gasteiger partial charge on any atom is -0.494 e. The highest BCUT2D eigenvalue weighted by Crippen LogP contribution is 2.42. The van der Waals surface area contributed by atoms with Crippen molar-refractivity contribution in [2.75, 3.05) is 45.3 Å². The van der Waals surface area contributed by atoms with Crippen molar-refractivity contribution in [2.24, 2.45) is 17.8 Å². The SMILES string of the molecule is COc1cc(F)c(-c2cc(C(F)(F)F)c(NC3C[C@@H]4CN(CC5CCOCC5)C[C@H]4C3)nn2)cc1F. The summed E-state index contributed by atoms with van der Waals surface area (Å²) < 4.78 is 80.4. The molecular weight excluding hydrogens is 483 g/mol. The van der Waals surface area contributed by atoms with Gasteiger partial charge in [-0.25, -0.2) is 8.78 Å². The Kier molecular flexibility index (Phi) is 7.04. The van der Waals surface area contributed by atoms with Gasteiger partial charge in [-0.15, -0.1) is 10.2 Å². The third-order valence-electron chi connectivity index (χ3n) is 7.64. The fourth-order valence-electron chi connectivity index (χ4n) is 5.88. The smallest absolute Gasteiger partial charge is 0.420 e. The van der Waals surface area contributed by atoms with Crippen molar-refractivity contribution in [3.8, 4) is 17.0 Å². The molecule has 1 aromatic carbocycles. The van der Waals surface area contributed by atoms with Crippen LogP contribution in [0.15, 0.2) is 18.2 Å². The summed E-state index contributed by atoms with van der Waals surface area (Å²) in [6, 6.07) is 2.09. The number of alkyl halides is 3. The van der Waals surface area contributed by atoms with Gasteiger partial charge < -0.3 is 19.7 Å². The van der Waals surface area contributed by atoms with Gasteiger partial charge in [0.15, 0.2) is 17.4 Å². The zero-order valence-electron chi connectivity index (χ0n) is 20.0. The standard InChI is InChI=1S/C25H29F5N4O2/c1-35-23-10-20(26)18(8-21(23)27)22-9-19(25(28,29)30)24(33-32-22)31-17-6-15-12-34(13-16(15)7-17)11-14-2-4-36-5-3-14/h8-10,14-17H,2-7,11-13H2,1H3,(H,31,33)/t15-,16-/m1/s1. The molecule has 2 saturated heterocycles. The van der Waals surface area contributed by atoms with E-state index >= 15 is 0 Å². The lowest BCUT2D eigenvalue weighted by molar-refractivity contribution is -0.137. The Morgan fingerprint density at radius 3 is 2.36 bits per heavy atom. The number of fused-ring (bicyclic) bond motifs is 1. The van der Waals surface area contributed by atoms with Gasteiger partial charge in [0, 0.05) is 50.5 Å². The van der Waals surface area contributed by atoms with Gasteiger partial charge in [-0.2, -0.15) is 13.2 Å². The number of halogens is 5. The van der Waals surface area contributed by atoms with Crippen LogP contribution < -0.4 is 10.1 Å². The molecule has 0 spiro atoms. The molecule has 0 radical (unpaired) electrons. The summed E-state index contributed by atoms with van der Waals surface area (Å²) >= 11 is 0. The number of likely N-dealkylation sites (tertiary alicyclic amines) is 1. The number of ether oxygens (including phenoxy) is 2. The van der Waals surface area contributed by atoms with Crippen LogP contribution in [0.5, 0.6) is 5.75 Å². The van der Waals surface area contributed by atoms with E-state index in [2.05, 4.69) is 20.4 Å². The van der Waals surface area contributed by atoms with E-state index in [1.54, 1.807) is 0 Å². The first kappa shape index (κ1) is 25.1. The number of nitrogens with zero attached hydrogens (tertiary/aromatic N) is 3. The van der Waals surface area contributed by atoms with Gasteiger partial charge in [0.1, 0.15) is 11.4 Å². The predicted molar refractivity (Wildman–Crippen MR) is 123 cm³/mol. The zero-order valence-corrected chi connectivity index (χ0v) is 20.0. The van der Waals surface area contributed by atoms with E-state index in [1.165, 1.54) is 7.11 Å². The van der Waals surface area contributed by atoms with Crippen molar-refractivity contribution in [3.05, 3.63) is 35.4 Å². The maximum atomic E-state index is 14.4. The van der Waals surface area contributed by atoms with Gasteiger partial charge in [-0.1, -0.05) is 0 Å². The fourth-order valence-corrected chi connectivity index (χ4v) is 5.88. The lowest BCUT2D eigenvalue weighted by atomic mass is 10.00. The summed E-state index contributed by atoms with van der Waals surface area (Å²) in [5, 5.41) is 10.5. The molecule has 11 heteroatoms. The number of rotatable bonds is 6. The summed E-state index contributed by atoms with van der Waals surface area (Å²) in [5.41, 5.74) is -1.88. The van der Waals surface area contributed by atoms with E-state index in [4.69, 9.17) is 9.47 Å². The van der Waals surface area contributed by atoms with Crippen LogP contribution in [0.2, 0.25) is 0 Å². The highest BCUT2D eigenvalue weighted by atomic mass is 19.4. The molecule has 1 saturated carbocycles. The number of methoxy groups -OCH3 is 1. The molecule has 2 aromatic rings. The van der Waals surface area contributed by atoms with Crippen molar-refractivity contribution in [1.82, 2.24) is 15.1 Å². The van der Waals surface area contributed by atoms with Crippen LogP contribution in [-0.2, 0) is 10.9 Å². The largest absolute Gasteiger partial charge is 0.494 e. The van der Waals surface area contributed by atoms with Gasteiger partial charge in [0.05, 0.1) is 12.8 Å². The summed E-state index contributed by atoms with van der Waals surface area (Å²) in [4.78, 5) is 2.49. The Balaban J connectivity index is 1.28. The minimum absolute atomic E-state index is 0.151. The number of nitrogens with one attached hydrogen (secondary N) is 1. The quantitative estimate of drug-likeness (QED) is 0.550. The van der Waals surface area contributed by atoms with Crippen LogP contribution in [0.1, 0.15) is 31.2 Å². The van der Waals surface area contributed by atoms with Gasteiger partial charge >= 0.3 is 6.18 Å². The zero-order chi connectivity index (χ0) is 25.4. The van der Waals surface area contributed by atoms with E-state index in [0.29, 0.717) is 23.8 Å². The second-order valence-electron chi connectivity index (χ2n) is 10.1. The fraction of sp³-hybridized carbons (Fsp3) is 0.600. The predicted octanol–water partition coefficient (Wildman–Crippen LogP) is 5.00. The summed E-state index contributed by atoms with van der Waals surface area (Å²) in [7, 11) is 1.17. The average molecular weight is 513 g/mol. The highest BCUT2D eigenvalue weighted by molar-refractivity contribution is 5.64. The summed E-state index contributed by atoms with van der Waals surface area (Å²) in [6.45, 7) is 4.61. The Hall–Kier alpha value is -2.53. The molecule has 5 rings (SSSR count). The molecule has 0 bridgehead atoms. The third kappa shape index (κ3) is 5.27. The second kappa shape index (κ2) is 10.1. The molecule has 3 fully saturated rings. The van der Waals surface area contributed by atoms with E-state index in [1.807, 2.05) is 0 Å². The second-order valence-corrected chi connectivity index (χ2v) is 10.1. The first-order valence-corrected chi connectivity index (χ1v) is 12.3. The van der Waals surface area contributed by atoms with Gasteiger partial charge in [0.25, 0.3) is 0 Å². The third-order valence-corrected chi connectivity index (χ3v) is 7.64. The Labute approximate surface area is 206 Å². The maximum Gasteiger partial charge on any atom is 0.420 e. The van der Waals surface area contributed by atoms with Crippen LogP contribution in [0.3, 0.4) is 0 Å². The van der Waals surface area contributed by atoms with E-state index in [-0.39, 0.29) is 17.6 Å². The number of hydrogen-bond donors (Lipinski definition) is 1. The molecular formula is C25H29F5N4O2. The molecule has 196 valence electrons. The van der Waals surface area contributed by atoms with Gasteiger partial charge in [-0.3, -0.25) is 0 Å². The molecule has 1 aliphatic carbocycles. The number of aromatic nitrogens is 2. The number of anilines is 1. The first-order valence-electron chi connectivity index (χ1n) is 12.3. The monoisotopic (exact) mass is 512 g/mol. The van der Waals surface area contributed by atoms with Crippen molar-refractivity contribution in [1.29, 1.82) is 0 Å². The molecule has 0 amide bonds. The molecule has 0 unspecified atom stereocenters. The van der Waals surface area contributed by atoms with Gasteiger partial charge in [0.2, 0.25) is 0 Å². The van der Waals surface area contributed by atoms with Gasteiger partial charge in [-0.05, 0) is 55.6 Å². The topological polar surface area (TPSA) is 59.5 Å². The molecule has 3 aliphatic rings. The van der Waals surface area contributed by atoms with Crippen LogP contribution in [-0.4, -0.2) is 61.1 Å². The summed E-state index contributed by atoms with van der Waals surface area (Å²) in [5.74, 6) is -1.08. The molecule has 3 heterocycles. The van der Waals surface area contributed by atoms with Crippen molar-refractivity contribution in [3.63, 3.8) is 0 Å². The lowest BCUT2D eigenvalue weighted by Crippen LogP contribution is -2.32. The lowest BCUT2D eigenvalue weighted by Gasteiger charge is -2.28. The van der Waals surface area contributed by atoms with Crippen LogP contribution in [0, 0.1) is 29.4 Å². The van der Waals surface area contributed by atoms with Crippen molar-refractivity contribution >= 4 is 5.82 Å². The minimum atomic E-state index is -4.75. The number of hydrogen-bond acceptors (Lipinski definition) is 6. The van der Waals surface area contributed by atoms with Crippen molar-refractivity contribution in [2.45, 2.75) is 37.9 Å². The molecule has 6 nitrogen and oxygen atoms in total. The molecule has 2 aliphatic heterocycles.